The molecular formula is C20H27N2O+. The van der Waals surface area contributed by atoms with Crippen molar-refractivity contribution in [2.45, 2.75) is 53.0 Å². The lowest BCUT2D eigenvalue weighted by Crippen LogP contribution is -2.39. The van der Waals surface area contributed by atoms with Gasteiger partial charge in [-0.05, 0) is 49.8 Å². The monoisotopic (exact) mass is 311 g/mol. The summed E-state index contributed by atoms with van der Waals surface area (Å²) >= 11 is 0. The van der Waals surface area contributed by atoms with Gasteiger partial charge in [0.15, 0.2) is 12.4 Å². The molecule has 0 atom stereocenters. The van der Waals surface area contributed by atoms with E-state index in [1.165, 1.54) is 11.1 Å². The molecule has 23 heavy (non-hydrogen) atoms. The van der Waals surface area contributed by atoms with Crippen LogP contribution in [0, 0.1) is 13.8 Å². The quantitative estimate of drug-likeness (QED) is 0.799. The number of nitrogens with zero attached hydrogens (tertiary/aromatic N) is 1. The van der Waals surface area contributed by atoms with Gasteiger partial charge in [0.25, 0.3) is 5.91 Å². The molecule has 122 valence electrons. The number of rotatable bonds is 6. The molecule has 3 nitrogen and oxygen atoms in total. The van der Waals surface area contributed by atoms with Crippen LogP contribution in [0.25, 0.3) is 0 Å². The van der Waals surface area contributed by atoms with Gasteiger partial charge in [0.05, 0.1) is 0 Å². The molecule has 0 spiro atoms. The molecule has 0 fully saturated rings. The standard InChI is InChI=1S/C20H26N2O/c1-5-17(6-2)18-9-11-22(12-10-18)14-20(23)21-19-8-7-15(3)13-16(19)4/h7-13,17H,5-6,14H2,1-4H3/p+1. The van der Waals surface area contributed by atoms with Crippen molar-refractivity contribution >= 4 is 11.6 Å². The van der Waals surface area contributed by atoms with Crippen LogP contribution in [0.5, 0.6) is 0 Å². The Balaban J connectivity index is 2.00. The van der Waals surface area contributed by atoms with Gasteiger partial charge in [0.2, 0.25) is 6.54 Å². The molecule has 1 N–H and O–H groups in total. The number of amides is 1. The first-order valence-corrected chi connectivity index (χ1v) is 8.39. The van der Waals surface area contributed by atoms with Crippen molar-refractivity contribution in [1.82, 2.24) is 0 Å². The number of aromatic nitrogens is 1. The number of anilines is 1. The van der Waals surface area contributed by atoms with E-state index in [0.29, 0.717) is 12.5 Å². The van der Waals surface area contributed by atoms with Crippen LogP contribution in [0.3, 0.4) is 0 Å². The van der Waals surface area contributed by atoms with Gasteiger partial charge >= 0.3 is 0 Å². The Morgan fingerprint density at radius 2 is 1.74 bits per heavy atom. The summed E-state index contributed by atoms with van der Waals surface area (Å²) in [7, 11) is 0. The van der Waals surface area contributed by atoms with Crippen LogP contribution in [0.4, 0.5) is 5.69 Å². The SMILES string of the molecule is CCC(CC)c1cc[n+](CC(=O)Nc2ccc(C)cc2C)cc1. The minimum absolute atomic E-state index is 0.00256. The zero-order valence-electron chi connectivity index (χ0n) is 14.6. The van der Waals surface area contributed by atoms with Gasteiger partial charge in [-0.15, -0.1) is 0 Å². The highest BCUT2D eigenvalue weighted by atomic mass is 16.1. The van der Waals surface area contributed by atoms with Gasteiger partial charge in [-0.3, -0.25) is 4.79 Å². The predicted octanol–water partition coefficient (Wildman–Crippen LogP) is 4.13. The van der Waals surface area contributed by atoms with Crippen LogP contribution in [0.15, 0.2) is 42.7 Å². The summed E-state index contributed by atoms with van der Waals surface area (Å²) in [5, 5.41) is 2.99. The van der Waals surface area contributed by atoms with Gasteiger partial charge in [-0.1, -0.05) is 31.5 Å². The molecule has 0 bridgehead atoms. The second-order valence-corrected chi connectivity index (χ2v) is 6.18. The molecule has 1 aromatic heterocycles. The average Bonchev–Trinajstić information content (AvgIpc) is 2.53. The molecule has 0 saturated heterocycles. The fraction of sp³-hybridized carbons (Fsp3) is 0.400. The lowest BCUT2D eigenvalue weighted by Gasteiger charge is -2.11. The zero-order valence-corrected chi connectivity index (χ0v) is 14.6. The molecule has 1 heterocycles. The maximum atomic E-state index is 12.2. The lowest BCUT2D eigenvalue weighted by molar-refractivity contribution is -0.684. The van der Waals surface area contributed by atoms with E-state index >= 15 is 0 Å². The Bertz CT molecular complexity index is 658. The number of pyridine rings is 1. The Kier molecular flexibility index (Phi) is 5.91. The molecule has 0 saturated carbocycles. The van der Waals surface area contributed by atoms with Crippen molar-refractivity contribution in [3.05, 3.63) is 59.4 Å². The Morgan fingerprint density at radius 1 is 1.09 bits per heavy atom. The highest BCUT2D eigenvalue weighted by Crippen LogP contribution is 2.21. The second kappa shape index (κ2) is 7.91. The molecule has 0 aliphatic rings. The molecular weight excluding hydrogens is 284 g/mol. The van der Waals surface area contributed by atoms with Gasteiger partial charge < -0.3 is 5.32 Å². The molecule has 0 aliphatic heterocycles. The summed E-state index contributed by atoms with van der Waals surface area (Å²) in [6, 6.07) is 10.3. The molecule has 0 aliphatic carbocycles. The Hall–Kier alpha value is -2.16. The molecule has 0 radical (unpaired) electrons. The summed E-state index contributed by atoms with van der Waals surface area (Å²) < 4.78 is 1.92. The van der Waals surface area contributed by atoms with E-state index in [9.17, 15) is 4.79 Å². The predicted molar refractivity (Wildman–Crippen MR) is 94.5 cm³/mol. The average molecular weight is 311 g/mol. The lowest BCUT2D eigenvalue weighted by atomic mass is 9.95. The first-order chi connectivity index (χ1) is 11.0. The topological polar surface area (TPSA) is 33.0 Å². The summed E-state index contributed by atoms with van der Waals surface area (Å²) in [5.74, 6) is 0.603. The Morgan fingerprint density at radius 3 is 2.30 bits per heavy atom. The van der Waals surface area contributed by atoms with Crippen molar-refractivity contribution in [1.29, 1.82) is 0 Å². The van der Waals surface area contributed by atoms with E-state index in [1.54, 1.807) is 0 Å². The molecule has 1 amide bonds. The number of hydrogen-bond acceptors (Lipinski definition) is 1. The van der Waals surface area contributed by atoms with E-state index in [0.717, 1.165) is 24.1 Å². The first-order valence-electron chi connectivity index (χ1n) is 8.39. The first kappa shape index (κ1) is 17.2. The van der Waals surface area contributed by atoms with Crippen LogP contribution in [0.1, 0.15) is 49.3 Å². The molecule has 1 aromatic carbocycles. The summed E-state index contributed by atoms with van der Waals surface area (Å²) in [6.45, 7) is 8.83. The third-order valence-electron chi connectivity index (χ3n) is 4.36. The number of carbonyl (C=O) groups excluding carboxylic acids is 1. The summed E-state index contributed by atoms with van der Waals surface area (Å²) in [4.78, 5) is 12.2. The maximum Gasteiger partial charge on any atom is 0.290 e. The van der Waals surface area contributed by atoms with E-state index in [2.05, 4.69) is 44.3 Å². The third kappa shape index (κ3) is 4.65. The molecule has 2 rings (SSSR count). The van der Waals surface area contributed by atoms with Crippen molar-refractivity contribution < 1.29 is 9.36 Å². The summed E-state index contributed by atoms with van der Waals surface area (Å²) in [6.07, 6.45) is 6.28. The third-order valence-corrected chi connectivity index (χ3v) is 4.36. The minimum Gasteiger partial charge on any atom is -0.320 e. The number of hydrogen-bond donors (Lipinski definition) is 1. The van der Waals surface area contributed by atoms with Crippen molar-refractivity contribution in [3.63, 3.8) is 0 Å². The van der Waals surface area contributed by atoms with E-state index in [4.69, 9.17) is 0 Å². The van der Waals surface area contributed by atoms with Gasteiger partial charge in [-0.2, -0.15) is 4.57 Å². The van der Waals surface area contributed by atoms with E-state index in [-0.39, 0.29) is 5.91 Å². The van der Waals surface area contributed by atoms with Gasteiger partial charge in [0.1, 0.15) is 0 Å². The number of benzene rings is 1. The Labute approximate surface area is 139 Å². The van der Waals surface area contributed by atoms with Crippen molar-refractivity contribution in [2.24, 2.45) is 0 Å². The molecule has 3 heteroatoms. The van der Waals surface area contributed by atoms with Crippen LogP contribution in [0.2, 0.25) is 0 Å². The van der Waals surface area contributed by atoms with E-state index in [1.807, 2.05) is 36.0 Å². The second-order valence-electron chi connectivity index (χ2n) is 6.18. The number of carbonyl (C=O) groups is 1. The smallest absolute Gasteiger partial charge is 0.290 e. The van der Waals surface area contributed by atoms with Crippen LogP contribution in [-0.4, -0.2) is 5.91 Å². The highest BCUT2D eigenvalue weighted by Gasteiger charge is 2.13. The van der Waals surface area contributed by atoms with Crippen LogP contribution >= 0.6 is 0 Å². The fourth-order valence-electron chi connectivity index (χ4n) is 2.92. The molecule has 0 unspecified atom stereocenters. The van der Waals surface area contributed by atoms with Gasteiger partial charge in [-0.25, -0.2) is 0 Å². The molecule has 2 aromatic rings. The fourth-order valence-corrected chi connectivity index (χ4v) is 2.92. The van der Waals surface area contributed by atoms with Crippen LogP contribution < -0.4 is 9.88 Å². The number of nitrogens with one attached hydrogen (secondary N) is 1. The normalized spacial score (nSPS) is 10.8. The van der Waals surface area contributed by atoms with E-state index < -0.39 is 0 Å². The highest BCUT2D eigenvalue weighted by molar-refractivity contribution is 5.90. The largest absolute Gasteiger partial charge is 0.320 e. The van der Waals surface area contributed by atoms with Crippen LogP contribution in [-0.2, 0) is 11.3 Å². The zero-order chi connectivity index (χ0) is 16.8. The number of aryl methyl sites for hydroxylation is 2. The maximum absolute atomic E-state index is 12.2. The van der Waals surface area contributed by atoms with Crippen molar-refractivity contribution in [2.75, 3.05) is 5.32 Å². The van der Waals surface area contributed by atoms with Crippen molar-refractivity contribution in [3.8, 4) is 0 Å². The van der Waals surface area contributed by atoms with Gasteiger partial charge in [0, 0.05) is 17.8 Å². The summed E-state index contributed by atoms with van der Waals surface area (Å²) in [5.41, 5.74) is 4.52. The minimum atomic E-state index is -0.00256.